The zero-order chi connectivity index (χ0) is 20.3. The zero-order valence-corrected chi connectivity index (χ0v) is 15.9. The molecule has 9 heteroatoms. The molecule has 0 bridgehead atoms. The zero-order valence-electron chi connectivity index (χ0n) is 15.9. The van der Waals surface area contributed by atoms with Crippen LogP contribution in [0.2, 0.25) is 0 Å². The summed E-state index contributed by atoms with van der Waals surface area (Å²) in [7, 11) is 0. The van der Waals surface area contributed by atoms with Crippen LogP contribution in [0, 0.1) is 5.92 Å². The van der Waals surface area contributed by atoms with E-state index in [4.69, 9.17) is 4.52 Å². The summed E-state index contributed by atoms with van der Waals surface area (Å²) >= 11 is 0. The highest BCUT2D eigenvalue weighted by Gasteiger charge is 2.31. The van der Waals surface area contributed by atoms with Gasteiger partial charge in [-0.1, -0.05) is 25.1 Å². The first kappa shape index (κ1) is 20.3. The molecule has 1 amide bonds. The lowest BCUT2D eigenvalue weighted by Crippen LogP contribution is -2.48. The number of rotatable bonds is 5. The van der Waals surface area contributed by atoms with Crippen LogP contribution in [0.25, 0.3) is 11.5 Å². The first-order valence-electron chi connectivity index (χ1n) is 9.22. The molecule has 1 aromatic carbocycles. The molecule has 1 fully saturated rings. The molecule has 0 saturated carbocycles. The third-order valence-electron chi connectivity index (χ3n) is 4.58. The van der Waals surface area contributed by atoms with Crippen molar-refractivity contribution in [1.29, 1.82) is 0 Å². The molecule has 0 atom stereocenters. The van der Waals surface area contributed by atoms with Crippen molar-refractivity contribution in [3.05, 3.63) is 35.7 Å². The SMILES string of the molecule is CC(C)CC(=O)N1CCN(Cc2noc(-c3cccc(C(F)(F)F)c3)n2)CC1. The highest BCUT2D eigenvalue weighted by Crippen LogP contribution is 2.31. The van der Waals surface area contributed by atoms with E-state index in [1.807, 2.05) is 18.7 Å². The molecule has 0 N–H and O–H groups in total. The predicted molar refractivity (Wildman–Crippen MR) is 96.0 cm³/mol. The van der Waals surface area contributed by atoms with Crippen LogP contribution in [0.3, 0.4) is 0 Å². The average molecular weight is 396 g/mol. The molecular weight excluding hydrogens is 373 g/mol. The second-order valence-electron chi connectivity index (χ2n) is 7.35. The molecule has 1 aliphatic heterocycles. The first-order valence-corrected chi connectivity index (χ1v) is 9.22. The highest BCUT2D eigenvalue weighted by molar-refractivity contribution is 5.76. The second kappa shape index (κ2) is 8.30. The van der Waals surface area contributed by atoms with Gasteiger partial charge in [0.15, 0.2) is 5.82 Å². The number of halogens is 3. The fraction of sp³-hybridized carbons (Fsp3) is 0.526. The van der Waals surface area contributed by atoms with E-state index in [2.05, 4.69) is 15.0 Å². The Balaban J connectivity index is 1.58. The van der Waals surface area contributed by atoms with Crippen LogP contribution in [0.5, 0.6) is 0 Å². The Morgan fingerprint density at radius 1 is 1.21 bits per heavy atom. The number of carbonyl (C=O) groups is 1. The number of nitrogens with zero attached hydrogens (tertiary/aromatic N) is 4. The third kappa shape index (κ3) is 5.09. The van der Waals surface area contributed by atoms with E-state index in [0.29, 0.717) is 50.9 Å². The average Bonchev–Trinajstić information content (AvgIpc) is 3.10. The van der Waals surface area contributed by atoms with Gasteiger partial charge in [-0.3, -0.25) is 9.69 Å². The van der Waals surface area contributed by atoms with Gasteiger partial charge < -0.3 is 9.42 Å². The van der Waals surface area contributed by atoms with Crippen molar-refractivity contribution in [1.82, 2.24) is 19.9 Å². The number of hydrogen-bond donors (Lipinski definition) is 0. The van der Waals surface area contributed by atoms with E-state index in [9.17, 15) is 18.0 Å². The van der Waals surface area contributed by atoms with Crippen molar-refractivity contribution in [2.75, 3.05) is 26.2 Å². The Bertz CT molecular complexity index is 812. The predicted octanol–water partition coefficient (Wildman–Crippen LogP) is 3.45. The molecule has 152 valence electrons. The molecule has 1 aromatic heterocycles. The monoisotopic (exact) mass is 396 g/mol. The Kier molecular flexibility index (Phi) is 6.02. The minimum absolute atomic E-state index is 0.0619. The fourth-order valence-corrected chi connectivity index (χ4v) is 3.10. The van der Waals surface area contributed by atoms with Crippen molar-refractivity contribution in [2.45, 2.75) is 33.0 Å². The fourth-order valence-electron chi connectivity index (χ4n) is 3.10. The number of aromatic nitrogens is 2. The maximum absolute atomic E-state index is 12.9. The van der Waals surface area contributed by atoms with Crippen LogP contribution >= 0.6 is 0 Å². The van der Waals surface area contributed by atoms with Crippen molar-refractivity contribution < 1.29 is 22.5 Å². The normalized spacial score (nSPS) is 16.0. The van der Waals surface area contributed by atoms with Crippen LogP contribution in [0.15, 0.2) is 28.8 Å². The quantitative estimate of drug-likeness (QED) is 0.775. The van der Waals surface area contributed by atoms with E-state index in [1.54, 1.807) is 0 Å². The molecular formula is C19H23F3N4O2. The van der Waals surface area contributed by atoms with Gasteiger partial charge in [0.1, 0.15) is 0 Å². The summed E-state index contributed by atoms with van der Waals surface area (Å²) in [5, 5.41) is 3.88. The molecule has 3 rings (SSSR count). The summed E-state index contributed by atoms with van der Waals surface area (Å²) in [5.74, 6) is 0.974. The van der Waals surface area contributed by atoms with Gasteiger partial charge >= 0.3 is 6.18 Å². The summed E-state index contributed by atoms with van der Waals surface area (Å²) in [6, 6.07) is 4.82. The van der Waals surface area contributed by atoms with Gasteiger partial charge in [0, 0.05) is 38.2 Å². The Morgan fingerprint density at radius 3 is 2.57 bits per heavy atom. The minimum Gasteiger partial charge on any atom is -0.340 e. The largest absolute Gasteiger partial charge is 0.416 e. The molecule has 2 aromatic rings. The molecule has 0 spiro atoms. The molecule has 1 aliphatic rings. The first-order chi connectivity index (χ1) is 13.2. The number of amides is 1. The highest BCUT2D eigenvalue weighted by atomic mass is 19.4. The van der Waals surface area contributed by atoms with Crippen LogP contribution < -0.4 is 0 Å². The Morgan fingerprint density at radius 2 is 1.93 bits per heavy atom. The van der Waals surface area contributed by atoms with Gasteiger partial charge in [-0.25, -0.2) is 0 Å². The van der Waals surface area contributed by atoms with E-state index in [0.717, 1.165) is 12.1 Å². The van der Waals surface area contributed by atoms with Gasteiger partial charge in [0.05, 0.1) is 12.1 Å². The maximum atomic E-state index is 12.9. The van der Waals surface area contributed by atoms with Crippen molar-refractivity contribution in [2.24, 2.45) is 5.92 Å². The Hall–Kier alpha value is -2.42. The summed E-state index contributed by atoms with van der Waals surface area (Å²) in [6.07, 6.45) is -3.88. The molecule has 0 radical (unpaired) electrons. The minimum atomic E-state index is -4.43. The van der Waals surface area contributed by atoms with Gasteiger partial charge in [0.25, 0.3) is 5.89 Å². The molecule has 0 aliphatic carbocycles. The van der Waals surface area contributed by atoms with E-state index in [1.165, 1.54) is 12.1 Å². The topological polar surface area (TPSA) is 62.5 Å². The second-order valence-corrected chi connectivity index (χ2v) is 7.35. The van der Waals surface area contributed by atoms with E-state index >= 15 is 0 Å². The lowest BCUT2D eigenvalue weighted by atomic mass is 10.1. The smallest absolute Gasteiger partial charge is 0.340 e. The molecule has 6 nitrogen and oxygen atoms in total. The van der Waals surface area contributed by atoms with Crippen LogP contribution in [0.1, 0.15) is 31.7 Å². The summed E-state index contributed by atoms with van der Waals surface area (Å²) < 4.78 is 43.7. The van der Waals surface area contributed by atoms with E-state index in [-0.39, 0.29) is 17.4 Å². The number of carbonyl (C=O) groups excluding carboxylic acids is 1. The third-order valence-corrected chi connectivity index (χ3v) is 4.58. The van der Waals surface area contributed by atoms with Gasteiger partial charge in [0.2, 0.25) is 5.91 Å². The number of piperazine rings is 1. The molecule has 0 unspecified atom stereocenters. The summed E-state index contributed by atoms with van der Waals surface area (Å²) in [5.41, 5.74) is -0.524. The lowest BCUT2D eigenvalue weighted by molar-refractivity contribution is -0.137. The van der Waals surface area contributed by atoms with Gasteiger partial charge in [-0.15, -0.1) is 0 Å². The lowest BCUT2D eigenvalue weighted by Gasteiger charge is -2.34. The van der Waals surface area contributed by atoms with Gasteiger partial charge in [-0.2, -0.15) is 18.2 Å². The Labute approximate surface area is 161 Å². The summed E-state index contributed by atoms with van der Waals surface area (Å²) in [6.45, 7) is 7.13. The van der Waals surface area contributed by atoms with Crippen molar-refractivity contribution >= 4 is 5.91 Å². The van der Waals surface area contributed by atoms with Crippen molar-refractivity contribution in [3.8, 4) is 11.5 Å². The molecule has 2 heterocycles. The van der Waals surface area contributed by atoms with Crippen LogP contribution in [-0.2, 0) is 17.5 Å². The van der Waals surface area contributed by atoms with E-state index < -0.39 is 11.7 Å². The summed E-state index contributed by atoms with van der Waals surface area (Å²) in [4.78, 5) is 20.3. The van der Waals surface area contributed by atoms with Crippen molar-refractivity contribution in [3.63, 3.8) is 0 Å². The van der Waals surface area contributed by atoms with Gasteiger partial charge in [-0.05, 0) is 24.1 Å². The maximum Gasteiger partial charge on any atom is 0.416 e. The number of alkyl halides is 3. The number of hydrogen-bond acceptors (Lipinski definition) is 5. The van der Waals surface area contributed by atoms with Crippen LogP contribution in [-0.4, -0.2) is 52.0 Å². The molecule has 1 saturated heterocycles. The molecule has 28 heavy (non-hydrogen) atoms. The standard InChI is InChI=1S/C19H23F3N4O2/c1-13(2)10-17(27)26-8-6-25(7-9-26)12-16-23-18(28-24-16)14-4-3-5-15(11-14)19(20,21)22/h3-5,11,13H,6-10,12H2,1-2H3. The van der Waals surface area contributed by atoms with Crippen LogP contribution in [0.4, 0.5) is 13.2 Å². The number of benzene rings is 1.